The minimum Gasteiger partial charge on any atom is -0.329 e. The molecule has 0 atom stereocenters. The summed E-state index contributed by atoms with van der Waals surface area (Å²) in [5, 5.41) is 3.81. The maximum Gasteiger partial charge on any atom is 0.0304 e. The largest absolute Gasteiger partial charge is 0.329 e. The van der Waals surface area contributed by atoms with Crippen molar-refractivity contribution in [2.45, 2.75) is 76.2 Å². The Morgan fingerprint density at radius 3 is 2.24 bits per heavy atom. The van der Waals surface area contributed by atoms with Crippen LogP contribution < -0.4 is 11.1 Å². The molecule has 17 heavy (non-hydrogen) atoms. The minimum atomic E-state index is 0.282. The number of hydrogen-bond acceptors (Lipinski definition) is 2. The Labute approximate surface area is 107 Å². The maximum absolute atomic E-state index is 6.05. The van der Waals surface area contributed by atoms with Gasteiger partial charge in [-0.25, -0.2) is 0 Å². The van der Waals surface area contributed by atoms with Gasteiger partial charge in [0.25, 0.3) is 0 Å². The lowest BCUT2D eigenvalue weighted by atomic mass is 9.84. The number of nitrogens with one attached hydrogen (secondary N) is 1. The first kappa shape index (κ1) is 13.4. The summed E-state index contributed by atoms with van der Waals surface area (Å²) in [4.78, 5) is 0. The zero-order valence-electron chi connectivity index (χ0n) is 11.3. The highest BCUT2D eigenvalue weighted by Gasteiger charge is 2.28. The van der Waals surface area contributed by atoms with Crippen LogP contribution in [0.5, 0.6) is 0 Å². The minimum absolute atomic E-state index is 0.282. The molecule has 3 N–H and O–H groups in total. The summed E-state index contributed by atoms with van der Waals surface area (Å²) in [6, 6.07) is 0. The van der Waals surface area contributed by atoms with Crippen molar-refractivity contribution in [1.29, 1.82) is 0 Å². The van der Waals surface area contributed by atoms with Crippen molar-refractivity contribution in [3.63, 3.8) is 0 Å². The lowest BCUT2D eigenvalue weighted by Gasteiger charge is -2.35. The number of nitrogens with two attached hydrogens (primary N) is 1. The van der Waals surface area contributed by atoms with Gasteiger partial charge >= 0.3 is 0 Å². The average molecular weight is 238 g/mol. The van der Waals surface area contributed by atoms with Crippen LogP contribution >= 0.6 is 0 Å². The van der Waals surface area contributed by atoms with E-state index in [1.54, 1.807) is 0 Å². The standard InChI is InChI=1S/C15H30N2/c16-13-15(10-4-2-1-3-5-11-15)17-12-6-7-14-8-9-14/h14,17H,1-13,16H2. The fourth-order valence-corrected chi connectivity index (χ4v) is 3.19. The Morgan fingerprint density at radius 1 is 1.00 bits per heavy atom. The first-order valence-electron chi connectivity index (χ1n) is 7.80. The van der Waals surface area contributed by atoms with Gasteiger partial charge in [0.05, 0.1) is 0 Å². The van der Waals surface area contributed by atoms with Crippen molar-refractivity contribution in [2.24, 2.45) is 11.7 Å². The van der Waals surface area contributed by atoms with Crippen molar-refractivity contribution < 1.29 is 0 Å². The quantitative estimate of drug-likeness (QED) is 0.697. The Balaban J connectivity index is 1.70. The van der Waals surface area contributed by atoms with Gasteiger partial charge in [-0.1, -0.05) is 44.9 Å². The van der Waals surface area contributed by atoms with E-state index in [1.807, 2.05) is 0 Å². The molecule has 2 heteroatoms. The molecular weight excluding hydrogens is 208 g/mol. The van der Waals surface area contributed by atoms with Crippen LogP contribution in [0, 0.1) is 5.92 Å². The molecule has 0 amide bonds. The van der Waals surface area contributed by atoms with Gasteiger partial charge in [0, 0.05) is 12.1 Å². The summed E-state index contributed by atoms with van der Waals surface area (Å²) >= 11 is 0. The van der Waals surface area contributed by atoms with Crippen LogP contribution in [-0.2, 0) is 0 Å². The zero-order valence-corrected chi connectivity index (χ0v) is 11.3. The van der Waals surface area contributed by atoms with E-state index in [0.29, 0.717) is 0 Å². The second-order valence-electron chi connectivity index (χ2n) is 6.26. The van der Waals surface area contributed by atoms with Crippen molar-refractivity contribution in [3.8, 4) is 0 Å². The molecule has 0 aromatic rings. The third-order valence-corrected chi connectivity index (χ3v) is 4.69. The number of rotatable bonds is 6. The average Bonchev–Trinajstić information content (AvgIpc) is 3.11. The lowest BCUT2D eigenvalue weighted by Crippen LogP contribution is -2.51. The van der Waals surface area contributed by atoms with Gasteiger partial charge in [-0.2, -0.15) is 0 Å². The predicted octanol–water partition coefficient (Wildman–Crippen LogP) is 3.21. The van der Waals surface area contributed by atoms with E-state index in [9.17, 15) is 0 Å². The van der Waals surface area contributed by atoms with Crippen molar-refractivity contribution >= 4 is 0 Å². The normalized spacial score (nSPS) is 25.2. The highest BCUT2D eigenvalue weighted by molar-refractivity contribution is 4.90. The summed E-state index contributed by atoms with van der Waals surface area (Å²) in [5.74, 6) is 1.07. The SMILES string of the molecule is NCC1(NCCCC2CC2)CCCCCCC1. The van der Waals surface area contributed by atoms with E-state index in [1.165, 1.54) is 77.2 Å². The molecule has 2 aliphatic rings. The van der Waals surface area contributed by atoms with Crippen molar-refractivity contribution in [1.82, 2.24) is 5.32 Å². The molecule has 0 saturated heterocycles. The van der Waals surface area contributed by atoms with Crippen molar-refractivity contribution in [3.05, 3.63) is 0 Å². The molecule has 0 spiro atoms. The molecule has 2 fully saturated rings. The van der Waals surface area contributed by atoms with Gasteiger partial charge in [-0.05, 0) is 38.1 Å². The number of hydrogen-bond donors (Lipinski definition) is 2. The van der Waals surface area contributed by atoms with E-state index in [-0.39, 0.29) is 5.54 Å². The molecule has 0 aromatic carbocycles. The van der Waals surface area contributed by atoms with Crippen LogP contribution in [0.25, 0.3) is 0 Å². The van der Waals surface area contributed by atoms with Crippen LogP contribution in [0.15, 0.2) is 0 Å². The predicted molar refractivity (Wildman–Crippen MR) is 74.1 cm³/mol. The Hall–Kier alpha value is -0.0800. The fourth-order valence-electron chi connectivity index (χ4n) is 3.19. The Morgan fingerprint density at radius 2 is 1.65 bits per heavy atom. The highest BCUT2D eigenvalue weighted by atomic mass is 15.0. The van der Waals surface area contributed by atoms with Gasteiger partial charge < -0.3 is 11.1 Å². The summed E-state index contributed by atoms with van der Waals surface area (Å²) < 4.78 is 0. The van der Waals surface area contributed by atoms with Crippen LogP contribution in [0.1, 0.15) is 70.6 Å². The maximum atomic E-state index is 6.05. The molecule has 100 valence electrons. The third kappa shape index (κ3) is 4.59. The molecule has 0 aliphatic heterocycles. The van der Waals surface area contributed by atoms with Crippen LogP contribution in [0.3, 0.4) is 0 Å². The van der Waals surface area contributed by atoms with Crippen LogP contribution in [0.2, 0.25) is 0 Å². The van der Waals surface area contributed by atoms with E-state index >= 15 is 0 Å². The molecule has 0 aromatic heterocycles. The van der Waals surface area contributed by atoms with Gasteiger partial charge in [-0.15, -0.1) is 0 Å². The van der Waals surface area contributed by atoms with Crippen LogP contribution in [0.4, 0.5) is 0 Å². The zero-order chi connectivity index (χ0) is 12.0. The molecule has 2 aliphatic carbocycles. The van der Waals surface area contributed by atoms with E-state index < -0.39 is 0 Å². The Bertz CT molecular complexity index is 203. The molecule has 2 rings (SSSR count). The first-order chi connectivity index (χ1) is 8.35. The summed E-state index contributed by atoms with van der Waals surface area (Å²) in [6.45, 7) is 2.02. The molecular formula is C15H30N2. The molecule has 0 radical (unpaired) electrons. The molecule has 0 heterocycles. The van der Waals surface area contributed by atoms with E-state index in [4.69, 9.17) is 5.73 Å². The molecule has 0 unspecified atom stereocenters. The van der Waals surface area contributed by atoms with Gasteiger partial charge in [0.15, 0.2) is 0 Å². The summed E-state index contributed by atoms with van der Waals surface area (Å²) in [5.41, 5.74) is 6.33. The fraction of sp³-hybridized carbons (Fsp3) is 1.00. The van der Waals surface area contributed by atoms with E-state index in [2.05, 4.69) is 5.32 Å². The van der Waals surface area contributed by atoms with Gasteiger partial charge in [0.2, 0.25) is 0 Å². The monoisotopic (exact) mass is 238 g/mol. The van der Waals surface area contributed by atoms with Crippen LogP contribution in [-0.4, -0.2) is 18.6 Å². The van der Waals surface area contributed by atoms with Crippen molar-refractivity contribution in [2.75, 3.05) is 13.1 Å². The second-order valence-corrected chi connectivity index (χ2v) is 6.26. The smallest absolute Gasteiger partial charge is 0.0304 e. The lowest BCUT2D eigenvalue weighted by molar-refractivity contribution is 0.255. The second kappa shape index (κ2) is 6.75. The molecule has 2 saturated carbocycles. The molecule has 0 bridgehead atoms. The first-order valence-corrected chi connectivity index (χ1v) is 7.80. The van der Waals surface area contributed by atoms with Gasteiger partial charge in [-0.3, -0.25) is 0 Å². The van der Waals surface area contributed by atoms with E-state index in [0.717, 1.165) is 12.5 Å². The topological polar surface area (TPSA) is 38.0 Å². The molecule has 2 nitrogen and oxygen atoms in total. The highest BCUT2D eigenvalue weighted by Crippen LogP contribution is 2.33. The van der Waals surface area contributed by atoms with Gasteiger partial charge in [0.1, 0.15) is 0 Å². The summed E-state index contributed by atoms with van der Waals surface area (Å²) in [7, 11) is 0. The summed E-state index contributed by atoms with van der Waals surface area (Å²) in [6.07, 6.45) is 15.4. The third-order valence-electron chi connectivity index (χ3n) is 4.69. The Kier molecular flexibility index (Phi) is 5.30.